The number of ether oxygens (including phenoxy) is 1. The van der Waals surface area contributed by atoms with Gasteiger partial charge in [-0.15, -0.1) is 0 Å². The van der Waals surface area contributed by atoms with E-state index in [4.69, 9.17) is 10.6 Å². The highest BCUT2D eigenvalue weighted by molar-refractivity contribution is 5.95. The number of nitrogens with two attached hydrogens (primary N) is 1. The van der Waals surface area contributed by atoms with Crippen molar-refractivity contribution in [2.75, 3.05) is 13.2 Å². The Balaban J connectivity index is 2.04. The van der Waals surface area contributed by atoms with Crippen molar-refractivity contribution in [3.8, 4) is 0 Å². The molecular formula is C12H16N2O2. The molecule has 16 heavy (non-hydrogen) atoms. The summed E-state index contributed by atoms with van der Waals surface area (Å²) in [4.78, 5) is 8.94. The van der Waals surface area contributed by atoms with Crippen LogP contribution in [-0.2, 0) is 16.0 Å². The van der Waals surface area contributed by atoms with E-state index in [-0.39, 0.29) is 6.04 Å². The quantitative estimate of drug-likeness (QED) is 0.778. The van der Waals surface area contributed by atoms with Gasteiger partial charge in [0.2, 0.25) is 5.90 Å². The molecule has 0 radical (unpaired) electrons. The van der Waals surface area contributed by atoms with Gasteiger partial charge in [-0.3, -0.25) is 0 Å². The molecule has 0 aromatic heterocycles. The second-order valence-corrected chi connectivity index (χ2v) is 3.91. The topological polar surface area (TPSA) is 56.8 Å². The summed E-state index contributed by atoms with van der Waals surface area (Å²) in [5, 5.41) is 0. The maximum atomic E-state index is 5.48. The Bertz CT molecular complexity index is 373. The molecule has 86 valence electrons. The lowest BCUT2D eigenvalue weighted by molar-refractivity contribution is 0.141. The first-order valence-corrected chi connectivity index (χ1v) is 5.41. The second-order valence-electron chi connectivity index (χ2n) is 3.91. The molecule has 1 aliphatic rings. The molecule has 1 aliphatic heterocycles. The van der Waals surface area contributed by atoms with Gasteiger partial charge in [-0.05, 0) is 31.0 Å². The fourth-order valence-electron chi connectivity index (χ4n) is 1.62. The third kappa shape index (κ3) is 2.59. The van der Waals surface area contributed by atoms with Crippen LogP contribution in [0.25, 0.3) is 0 Å². The molecule has 1 atom stereocenters. The first-order valence-electron chi connectivity index (χ1n) is 5.41. The third-order valence-corrected chi connectivity index (χ3v) is 2.51. The lowest BCUT2D eigenvalue weighted by Crippen LogP contribution is -2.04. The zero-order valence-corrected chi connectivity index (χ0v) is 9.35. The van der Waals surface area contributed by atoms with Gasteiger partial charge in [0.25, 0.3) is 0 Å². The summed E-state index contributed by atoms with van der Waals surface area (Å²) >= 11 is 0. The molecule has 1 aromatic carbocycles. The minimum Gasteiger partial charge on any atom is -0.475 e. The average Bonchev–Trinajstić information content (AvgIpc) is 2.74. The van der Waals surface area contributed by atoms with Crippen LogP contribution in [0.4, 0.5) is 0 Å². The van der Waals surface area contributed by atoms with Crippen molar-refractivity contribution in [1.29, 1.82) is 0 Å². The van der Waals surface area contributed by atoms with Crippen LogP contribution in [0.5, 0.6) is 0 Å². The van der Waals surface area contributed by atoms with E-state index in [9.17, 15) is 0 Å². The molecule has 1 aromatic rings. The molecule has 4 nitrogen and oxygen atoms in total. The Morgan fingerprint density at radius 3 is 2.75 bits per heavy atom. The Labute approximate surface area is 95.0 Å². The summed E-state index contributed by atoms with van der Waals surface area (Å²) in [5.74, 6) is 5.73. The van der Waals surface area contributed by atoms with E-state index in [2.05, 4.69) is 9.83 Å². The van der Waals surface area contributed by atoms with Gasteiger partial charge in [-0.25, -0.2) is 10.9 Å². The van der Waals surface area contributed by atoms with Crippen molar-refractivity contribution in [2.24, 2.45) is 10.9 Å². The van der Waals surface area contributed by atoms with Crippen molar-refractivity contribution in [2.45, 2.75) is 19.4 Å². The van der Waals surface area contributed by atoms with Crippen molar-refractivity contribution < 1.29 is 9.57 Å². The summed E-state index contributed by atoms with van der Waals surface area (Å²) < 4.78 is 5.48. The molecule has 0 saturated heterocycles. The number of hydrogen-bond donors (Lipinski definition) is 1. The minimum absolute atomic E-state index is 0.264. The summed E-state index contributed by atoms with van der Waals surface area (Å²) in [6.45, 7) is 3.26. The van der Waals surface area contributed by atoms with Crippen molar-refractivity contribution in [3.05, 3.63) is 35.4 Å². The molecule has 0 spiro atoms. The van der Waals surface area contributed by atoms with Gasteiger partial charge in [0, 0.05) is 5.56 Å². The molecule has 4 heteroatoms. The zero-order valence-electron chi connectivity index (χ0n) is 9.35. The predicted octanol–water partition coefficient (Wildman–Crippen LogP) is 1.28. The Morgan fingerprint density at radius 1 is 1.44 bits per heavy atom. The first kappa shape index (κ1) is 11.1. The van der Waals surface area contributed by atoms with Crippen LogP contribution in [-0.4, -0.2) is 25.2 Å². The molecule has 0 saturated carbocycles. The van der Waals surface area contributed by atoms with Gasteiger partial charge in [-0.2, -0.15) is 0 Å². The number of rotatable bonds is 4. The van der Waals surface area contributed by atoms with Crippen LogP contribution < -0.4 is 5.90 Å². The number of nitrogens with zero attached hydrogens (tertiary/aromatic N) is 1. The zero-order chi connectivity index (χ0) is 11.4. The summed E-state index contributed by atoms with van der Waals surface area (Å²) in [7, 11) is 0. The molecule has 1 heterocycles. The second kappa shape index (κ2) is 5.09. The predicted molar refractivity (Wildman–Crippen MR) is 62.2 cm³/mol. The summed E-state index contributed by atoms with van der Waals surface area (Å²) in [6, 6.07) is 8.39. The normalized spacial score (nSPS) is 19.4. The van der Waals surface area contributed by atoms with E-state index >= 15 is 0 Å². The van der Waals surface area contributed by atoms with Crippen LogP contribution in [0.2, 0.25) is 0 Å². The van der Waals surface area contributed by atoms with E-state index in [0.717, 1.165) is 17.9 Å². The van der Waals surface area contributed by atoms with Gasteiger partial charge < -0.3 is 9.57 Å². The highest BCUT2D eigenvalue weighted by Crippen LogP contribution is 2.13. The van der Waals surface area contributed by atoms with E-state index in [1.165, 1.54) is 5.56 Å². The third-order valence-electron chi connectivity index (χ3n) is 2.51. The molecule has 0 amide bonds. The van der Waals surface area contributed by atoms with Gasteiger partial charge in [0.15, 0.2) is 0 Å². The van der Waals surface area contributed by atoms with Gasteiger partial charge in [0.1, 0.15) is 6.61 Å². The standard InChI is InChI=1S/C12H16N2O2/c1-9-8-15-12(14-9)11-4-2-10(3-5-11)6-7-16-13/h2-5,9H,6-8,13H2,1H3. The van der Waals surface area contributed by atoms with Gasteiger partial charge in [-0.1, -0.05) is 12.1 Å². The lowest BCUT2D eigenvalue weighted by Gasteiger charge is -2.03. The Kier molecular flexibility index (Phi) is 3.54. The SMILES string of the molecule is CC1COC(c2ccc(CCON)cc2)=N1. The van der Waals surface area contributed by atoms with E-state index in [1.807, 2.05) is 31.2 Å². The minimum atomic E-state index is 0.264. The van der Waals surface area contributed by atoms with E-state index < -0.39 is 0 Å². The molecule has 2 N–H and O–H groups in total. The number of aliphatic imine (C=N–C) groups is 1. The van der Waals surface area contributed by atoms with Crippen LogP contribution in [0.3, 0.4) is 0 Å². The molecule has 1 unspecified atom stereocenters. The summed E-state index contributed by atoms with van der Waals surface area (Å²) in [6.07, 6.45) is 0.820. The van der Waals surface area contributed by atoms with Gasteiger partial charge >= 0.3 is 0 Å². The van der Waals surface area contributed by atoms with Crippen molar-refractivity contribution in [1.82, 2.24) is 0 Å². The maximum absolute atomic E-state index is 5.48. The molecule has 2 rings (SSSR count). The van der Waals surface area contributed by atoms with E-state index in [0.29, 0.717) is 13.2 Å². The highest BCUT2D eigenvalue weighted by Gasteiger charge is 2.15. The first-order chi connectivity index (χ1) is 7.79. The highest BCUT2D eigenvalue weighted by atomic mass is 16.6. The van der Waals surface area contributed by atoms with Crippen LogP contribution in [0.15, 0.2) is 29.3 Å². The van der Waals surface area contributed by atoms with Crippen LogP contribution in [0.1, 0.15) is 18.1 Å². The Morgan fingerprint density at radius 2 is 2.19 bits per heavy atom. The monoisotopic (exact) mass is 220 g/mol. The van der Waals surface area contributed by atoms with Crippen LogP contribution >= 0.6 is 0 Å². The van der Waals surface area contributed by atoms with E-state index in [1.54, 1.807) is 0 Å². The number of hydrogen-bond acceptors (Lipinski definition) is 4. The number of benzene rings is 1. The molecule has 0 bridgehead atoms. The smallest absolute Gasteiger partial charge is 0.216 e. The van der Waals surface area contributed by atoms with Crippen molar-refractivity contribution >= 4 is 5.90 Å². The largest absolute Gasteiger partial charge is 0.475 e. The van der Waals surface area contributed by atoms with Crippen molar-refractivity contribution in [3.63, 3.8) is 0 Å². The fourth-order valence-corrected chi connectivity index (χ4v) is 1.62. The summed E-state index contributed by atoms with van der Waals surface area (Å²) in [5.41, 5.74) is 2.22. The fraction of sp³-hybridized carbons (Fsp3) is 0.417. The van der Waals surface area contributed by atoms with Gasteiger partial charge in [0.05, 0.1) is 12.6 Å². The average molecular weight is 220 g/mol. The Hall–Kier alpha value is -1.39. The van der Waals surface area contributed by atoms with Crippen LogP contribution in [0, 0.1) is 0 Å². The lowest BCUT2D eigenvalue weighted by atomic mass is 10.1. The molecular weight excluding hydrogens is 204 g/mol. The molecule has 0 fully saturated rings. The molecule has 0 aliphatic carbocycles. The maximum Gasteiger partial charge on any atom is 0.216 e.